The topological polar surface area (TPSA) is 82.6 Å². The summed E-state index contributed by atoms with van der Waals surface area (Å²) in [6.07, 6.45) is 0.911. The Kier molecular flexibility index (Phi) is 7.24. The average Bonchev–Trinajstić information content (AvgIpc) is 3.20. The zero-order valence-corrected chi connectivity index (χ0v) is 18.3. The average molecular weight is 428 g/mol. The predicted molar refractivity (Wildman–Crippen MR) is 118 cm³/mol. The Balaban J connectivity index is 1.64. The van der Waals surface area contributed by atoms with Gasteiger partial charge < -0.3 is 14.2 Å². The first-order chi connectivity index (χ1) is 14.5. The molecule has 2 aromatic carbocycles. The standard InChI is InChI=1S/C22H25N3O4S/c1-5-11-28-17-10-9-16(12-18(17)27-4)21-24-22(30-25-21)23-19(26)13-29-20-14(2)7-6-8-15(20)3/h6-10,12H,5,11,13H2,1-4H3,(H,23,24,25,26). The lowest BCUT2D eigenvalue weighted by molar-refractivity contribution is -0.118. The number of aryl methyl sites for hydroxylation is 2. The summed E-state index contributed by atoms with van der Waals surface area (Å²) in [6.45, 7) is 6.46. The summed E-state index contributed by atoms with van der Waals surface area (Å²) in [5.74, 6) is 2.23. The van der Waals surface area contributed by atoms with Gasteiger partial charge in [0, 0.05) is 17.1 Å². The minimum absolute atomic E-state index is 0.0993. The van der Waals surface area contributed by atoms with Crippen LogP contribution in [0, 0.1) is 13.8 Å². The first-order valence-corrected chi connectivity index (χ1v) is 10.4. The summed E-state index contributed by atoms with van der Waals surface area (Å²) in [6, 6.07) is 11.4. The van der Waals surface area contributed by atoms with Crippen LogP contribution < -0.4 is 19.5 Å². The molecule has 1 N–H and O–H groups in total. The van der Waals surface area contributed by atoms with Gasteiger partial charge >= 0.3 is 0 Å². The molecule has 0 bridgehead atoms. The molecule has 0 spiro atoms. The third kappa shape index (κ3) is 5.27. The maximum absolute atomic E-state index is 12.3. The Hall–Kier alpha value is -3.13. The molecule has 0 fully saturated rings. The van der Waals surface area contributed by atoms with Crippen molar-refractivity contribution in [1.29, 1.82) is 0 Å². The van der Waals surface area contributed by atoms with Gasteiger partial charge in [0.2, 0.25) is 5.13 Å². The number of para-hydroxylation sites is 1. The summed E-state index contributed by atoms with van der Waals surface area (Å²) < 4.78 is 21.1. The third-order valence-electron chi connectivity index (χ3n) is 4.31. The number of aromatic nitrogens is 2. The molecule has 0 aliphatic rings. The zero-order chi connectivity index (χ0) is 21.5. The molecule has 0 saturated heterocycles. The van der Waals surface area contributed by atoms with Crippen molar-refractivity contribution >= 4 is 22.6 Å². The number of amides is 1. The summed E-state index contributed by atoms with van der Waals surface area (Å²) >= 11 is 1.11. The Morgan fingerprint density at radius 3 is 2.57 bits per heavy atom. The zero-order valence-electron chi connectivity index (χ0n) is 17.5. The smallest absolute Gasteiger partial charge is 0.264 e. The highest BCUT2D eigenvalue weighted by Crippen LogP contribution is 2.32. The number of hydrogen-bond acceptors (Lipinski definition) is 7. The number of hydrogen-bond donors (Lipinski definition) is 1. The number of rotatable bonds is 9. The van der Waals surface area contributed by atoms with Crippen molar-refractivity contribution < 1.29 is 19.0 Å². The predicted octanol–water partition coefficient (Wildman–Crippen LogP) is 4.64. The SMILES string of the molecule is CCCOc1ccc(-c2nsc(NC(=O)COc3c(C)cccc3C)n2)cc1OC. The molecular weight excluding hydrogens is 402 g/mol. The first-order valence-electron chi connectivity index (χ1n) is 9.65. The fourth-order valence-electron chi connectivity index (χ4n) is 2.85. The van der Waals surface area contributed by atoms with E-state index in [0.717, 1.165) is 40.4 Å². The third-order valence-corrected chi connectivity index (χ3v) is 4.94. The first kappa shape index (κ1) is 21.6. The van der Waals surface area contributed by atoms with E-state index in [1.807, 2.05) is 57.2 Å². The molecule has 0 saturated carbocycles. The van der Waals surface area contributed by atoms with Crippen LogP contribution in [0.25, 0.3) is 11.4 Å². The summed E-state index contributed by atoms with van der Waals surface area (Å²) in [7, 11) is 1.59. The number of ether oxygens (including phenoxy) is 3. The molecular formula is C22H25N3O4S. The van der Waals surface area contributed by atoms with Crippen LogP contribution in [0.2, 0.25) is 0 Å². The van der Waals surface area contributed by atoms with E-state index in [2.05, 4.69) is 14.7 Å². The number of nitrogens with one attached hydrogen (secondary N) is 1. The van der Waals surface area contributed by atoms with Gasteiger partial charge in [-0.2, -0.15) is 9.36 Å². The molecule has 158 valence electrons. The van der Waals surface area contributed by atoms with Gasteiger partial charge in [0.1, 0.15) is 5.75 Å². The maximum Gasteiger partial charge on any atom is 0.264 e. The largest absolute Gasteiger partial charge is 0.493 e. The lowest BCUT2D eigenvalue weighted by Crippen LogP contribution is -2.20. The highest BCUT2D eigenvalue weighted by atomic mass is 32.1. The fraction of sp³-hybridized carbons (Fsp3) is 0.318. The molecule has 0 unspecified atom stereocenters. The molecule has 30 heavy (non-hydrogen) atoms. The van der Waals surface area contributed by atoms with Gasteiger partial charge in [-0.15, -0.1) is 0 Å². The van der Waals surface area contributed by atoms with Crippen LogP contribution in [0.5, 0.6) is 17.2 Å². The number of carbonyl (C=O) groups is 1. The Bertz CT molecular complexity index is 999. The van der Waals surface area contributed by atoms with Crippen LogP contribution >= 0.6 is 11.5 Å². The molecule has 1 aromatic heterocycles. The van der Waals surface area contributed by atoms with Crippen molar-refractivity contribution in [3.8, 4) is 28.6 Å². The van der Waals surface area contributed by atoms with Crippen LogP contribution in [0.15, 0.2) is 36.4 Å². The molecule has 0 aliphatic carbocycles. The minimum Gasteiger partial charge on any atom is -0.493 e. The second-order valence-corrected chi connectivity index (χ2v) is 7.45. The molecule has 1 amide bonds. The lowest BCUT2D eigenvalue weighted by Gasteiger charge is -2.11. The molecule has 3 rings (SSSR count). The van der Waals surface area contributed by atoms with E-state index in [1.165, 1.54) is 0 Å². The second-order valence-electron chi connectivity index (χ2n) is 6.70. The molecule has 1 heterocycles. The van der Waals surface area contributed by atoms with Gasteiger partial charge in [0.05, 0.1) is 13.7 Å². The van der Waals surface area contributed by atoms with Crippen LogP contribution in [-0.2, 0) is 4.79 Å². The quantitative estimate of drug-likeness (QED) is 0.536. The number of anilines is 1. The molecule has 8 heteroatoms. The summed E-state index contributed by atoms with van der Waals surface area (Å²) in [4.78, 5) is 16.7. The molecule has 7 nitrogen and oxygen atoms in total. The fourth-order valence-corrected chi connectivity index (χ4v) is 3.46. The van der Waals surface area contributed by atoms with E-state index < -0.39 is 0 Å². The van der Waals surface area contributed by atoms with E-state index >= 15 is 0 Å². The van der Waals surface area contributed by atoms with Crippen LogP contribution in [0.3, 0.4) is 0 Å². The number of carbonyl (C=O) groups excluding carboxylic acids is 1. The molecule has 0 aliphatic heterocycles. The molecule has 0 atom stereocenters. The summed E-state index contributed by atoms with van der Waals surface area (Å²) in [5, 5.41) is 3.14. The van der Waals surface area contributed by atoms with Crippen molar-refractivity contribution in [2.75, 3.05) is 25.6 Å². The van der Waals surface area contributed by atoms with E-state index in [9.17, 15) is 4.79 Å². The molecule has 3 aromatic rings. The van der Waals surface area contributed by atoms with Gasteiger partial charge in [-0.3, -0.25) is 10.1 Å². The maximum atomic E-state index is 12.3. The minimum atomic E-state index is -0.291. The van der Waals surface area contributed by atoms with Crippen molar-refractivity contribution in [3.05, 3.63) is 47.5 Å². The van der Waals surface area contributed by atoms with Crippen LogP contribution in [0.4, 0.5) is 5.13 Å². The number of methoxy groups -OCH3 is 1. The molecule has 0 radical (unpaired) electrons. The van der Waals surface area contributed by atoms with Crippen molar-refractivity contribution in [3.63, 3.8) is 0 Å². The van der Waals surface area contributed by atoms with Gasteiger partial charge in [0.25, 0.3) is 5.91 Å². The van der Waals surface area contributed by atoms with Gasteiger partial charge in [-0.05, 0) is 49.6 Å². The van der Waals surface area contributed by atoms with Crippen LogP contribution in [0.1, 0.15) is 24.5 Å². The van der Waals surface area contributed by atoms with Gasteiger partial charge in [-0.1, -0.05) is 25.1 Å². The number of benzene rings is 2. The van der Waals surface area contributed by atoms with Gasteiger partial charge in [-0.25, -0.2) is 0 Å². The lowest BCUT2D eigenvalue weighted by atomic mass is 10.1. The Morgan fingerprint density at radius 2 is 1.87 bits per heavy atom. The highest BCUT2D eigenvalue weighted by molar-refractivity contribution is 7.10. The number of nitrogens with zero attached hydrogens (tertiary/aromatic N) is 2. The van der Waals surface area contributed by atoms with Crippen molar-refractivity contribution in [2.24, 2.45) is 0 Å². The van der Waals surface area contributed by atoms with Gasteiger partial charge in [0.15, 0.2) is 23.9 Å². The second kappa shape index (κ2) is 10.1. The highest BCUT2D eigenvalue weighted by Gasteiger charge is 2.14. The van der Waals surface area contributed by atoms with E-state index in [0.29, 0.717) is 29.1 Å². The summed E-state index contributed by atoms with van der Waals surface area (Å²) in [5.41, 5.74) is 2.75. The van der Waals surface area contributed by atoms with Crippen molar-refractivity contribution in [2.45, 2.75) is 27.2 Å². The van der Waals surface area contributed by atoms with Crippen LogP contribution in [-0.4, -0.2) is 35.6 Å². The van der Waals surface area contributed by atoms with Crippen molar-refractivity contribution in [1.82, 2.24) is 9.36 Å². The monoisotopic (exact) mass is 427 g/mol. The Morgan fingerprint density at radius 1 is 1.10 bits per heavy atom. The van der Waals surface area contributed by atoms with E-state index in [1.54, 1.807) is 7.11 Å². The Labute approximate surface area is 180 Å². The van der Waals surface area contributed by atoms with E-state index in [-0.39, 0.29) is 12.5 Å². The van der Waals surface area contributed by atoms with E-state index in [4.69, 9.17) is 14.2 Å². The normalized spacial score (nSPS) is 10.5.